The first-order valence-electron chi connectivity index (χ1n) is 24.2. The third-order valence-electron chi connectivity index (χ3n) is 11.3. The van der Waals surface area contributed by atoms with E-state index in [4.69, 9.17) is 18.5 Å². The molecule has 0 bridgehead atoms. The van der Waals surface area contributed by atoms with Crippen LogP contribution in [0.25, 0.3) is 0 Å². The maximum atomic E-state index is 13.0. The van der Waals surface area contributed by atoms with Gasteiger partial charge in [-0.05, 0) is 38.5 Å². The van der Waals surface area contributed by atoms with E-state index >= 15 is 0 Å². The number of ether oxygens (including phenoxy) is 2. The van der Waals surface area contributed by atoms with Crippen molar-refractivity contribution in [3.63, 3.8) is 0 Å². The molecule has 7 N–H and O–H groups in total. The van der Waals surface area contributed by atoms with Gasteiger partial charge in [-0.2, -0.15) is 0 Å². The summed E-state index contributed by atoms with van der Waals surface area (Å²) in [6.07, 6.45) is 21.7. The van der Waals surface area contributed by atoms with Crippen LogP contribution in [0.2, 0.25) is 0 Å². The molecule has 63 heavy (non-hydrogen) atoms. The van der Waals surface area contributed by atoms with E-state index in [1.807, 2.05) is 0 Å². The Balaban J connectivity index is 2.58. The summed E-state index contributed by atoms with van der Waals surface area (Å²) in [6, 6.07) is 0. The smallest absolute Gasteiger partial charge is 0.462 e. The van der Waals surface area contributed by atoms with Crippen LogP contribution in [0.4, 0.5) is 0 Å². The van der Waals surface area contributed by atoms with E-state index in [2.05, 4.69) is 30.5 Å². The van der Waals surface area contributed by atoms with Gasteiger partial charge < -0.3 is 44.6 Å². The van der Waals surface area contributed by atoms with Crippen LogP contribution in [-0.4, -0.2) is 103 Å². The summed E-state index contributed by atoms with van der Waals surface area (Å²) < 4.78 is 49.4. The van der Waals surface area contributed by atoms with Gasteiger partial charge in [0.2, 0.25) is 0 Å². The molecule has 0 radical (unpaired) electrons. The molecular formula is C45H86O16P2. The molecule has 1 aliphatic rings. The van der Waals surface area contributed by atoms with Crippen LogP contribution in [0.15, 0.2) is 12.2 Å². The molecule has 18 heteroatoms. The number of aliphatic hydroxyl groups excluding tert-OH is 4. The van der Waals surface area contributed by atoms with Gasteiger partial charge in [0.25, 0.3) is 0 Å². The van der Waals surface area contributed by atoms with Crippen molar-refractivity contribution in [3.8, 4) is 0 Å². The monoisotopic (exact) mass is 945 g/mol. The van der Waals surface area contributed by atoms with E-state index in [1.165, 1.54) is 103 Å². The number of hydrogen-bond acceptors (Lipinski definition) is 13. The molecule has 1 fully saturated rings. The molecule has 0 spiro atoms. The van der Waals surface area contributed by atoms with Crippen LogP contribution in [-0.2, 0) is 41.8 Å². The largest absolute Gasteiger partial charge is 0.472 e. The summed E-state index contributed by atoms with van der Waals surface area (Å²) in [7, 11) is -10.7. The molecule has 0 aromatic carbocycles. The first kappa shape index (κ1) is 59.8. The molecule has 0 saturated heterocycles. The summed E-state index contributed by atoms with van der Waals surface area (Å²) in [5.74, 6) is -1.20. The van der Waals surface area contributed by atoms with Gasteiger partial charge >= 0.3 is 27.6 Å². The number of unbranched alkanes of at least 4 members (excludes halogenated alkanes) is 25. The standard InChI is InChI=1S/C45H86O16P2/c1-3-5-7-9-11-13-15-17-19-21-23-25-27-29-31-33-38(46)57-35-37(59-39(47)34-32-30-28-26-24-22-20-18-16-14-12-10-8-6-4-2)36-58-63(55,56)61-45-42(50)40(48)41(49)44(43(45)51)60-62(52,53)54/h17,19,37,40-45,48-51H,3-16,18,20-36H2,1-2H3,(H,55,56)(H2,52,53,54). The van der Waals surface area contributed by atoms with Gasteiger partial charge in [-0.25, -0.2) is 9.13 Å². The molecule has 8 atom stereocenters. The average molecular weight is 945 g/mol. The molecular weight excluding hydrogens is 858 g/mol. The fraction of sp³-hybridized carbons (Fsp3) is 0.911. The number of phosphoric ester groups is 2. The average Bonchev–Trinajstić information content (AvgIpc) is 3.23. The van der Waals surface area contributed by atoms with Crippen LogP contribution in [0, 0.1) is 0 Å². The molecule has 1 saturated carbocycles. The lowest BCUT2D eigenvalue weighted by Crippen LogP contribution is -2.64. The van der Waals surface area contributed by atoms with Crippen molar-refractivity contribution in [2.24, 2.45) is 0 Å². The highest BCUT2D eigenvalue weighted by molar-refractivity contribution is 7.47. The summed E-state index contributed by atoms with van der Waals surface area (Å²) >= 11 is 0. The fourth-order valence-corrected chi connectivity index (χ4v) is 9.09. The van der Waals surface area contributed by atoms with Crippen LogP contribution >= 0.6 is 15.6 Å². The van der Waals surface area contributed by atoms with Gasteiger partial charge in [0.15, 0.2) is 6.10 Å². The van der Waals surface area contributed by atoms with E-state index in [1.54, 1.807) is 0 Å². The maximum absolute atomic E-state index is 13.0. The van der Waals surface area contributed by atoms with E-state index in [-0.39, 0.29) is 12.8 Å². The van der Waals surface area contributed by atoms with Crippen molar-refractivity contribution in [1.29, 1.82) is 0 Å². The first-order valence-corrected chi connectivity index (χ1v) is 27.3. The number of phosphoric acid groups is 2. The zero-order valence-corrected chi connectivity index (χ0v) is 40.3. The molecule has 0 amide bonds. The Kier molecular flexibility index (Phi) is 34.9. The molecule has 16 nitrogen and oxygen atoms in total. The van der Waals surface area contributed by atoms with Crippen molar-refractivity contribution >= 4 is 27.6 Å². The highest BCUT2D eigenvalue weighted by atomic mass is 31.2. The van der Waals surface area contributed by atoms with Crippen LogP contribution in [0.5, 0.6) is 0 Å². The number of carbonyl (C=O) groups is 2. The van der Waals surface area contributed by atoms with Crippen molar-refractivity contribution in [3.05, 3.63) is 12.2 Å². The lowest BCUT2D eigenvalue weighted by molar-refractivity contribution is -0.216. The fourth-order valence-electron chi connectivity index (χ4n) is 7.55. The van der Waals surface area contributed by atoms with Gasteiger partial charge in [-0.1, -0.05) is 167 Å². The zero-order chi connectivity index (χ0) is 46.8. The third kappa shape index (κ3) is 31.4. The molecule has 0 aromatic rings. The van der Waals surface area contributed by atoms with Gasteiger partial charge in [-0.3, -0.25) is 23.2 Å². The minimum absolute atomic E-state index is 0.0482. The van der Waals surface area contributed by atoms with Crippen LogP contribution in [0.3, 0.4) is 0 Å². The maximum Gasteiger partial charge on any atom is 0.472 e. The Morgan fingerprint density at radius 1 is 0.492 bits per heavy atom. The van der Waals surface area contributed by atoms with Crippen molar-refractivity contribution in [2.75, 3.05) is 13.2 Å². The quantitative estimate of drug-likeness (QED) is 0.0130. The number of aliphatic hydroxyl groups is 4. The highest BCUT2D eigenvalue weighted by Crippen LogP contribution is 2.49. The molecule has 1 rings (SSSR count). The SMILES string of the molecule is CCCCCCCCC=CCCCCCCCC(=O)OCC(COP(=O)(O)OC1C(O)C(O)C(O)C(OP(=O)(O)O)C1O)OC(=O)CCCCCCCCCCCCCCCCC. The molecule has 372 valence electrons. The van der Waals surface area contributed by atoms with Crippen molar-refractivity contribution in [1.82, 2.24) is 0 Å². The van der Waals surface area contributed by atoms with Crippen LogP contribution < -0.4 is 0 Å². The van der Waals surface area contributed by atoms with E-state index in [0.29, 0.717) is 12.8 Å². The summed E-state index contributed by atoms with van der Waals surface area (Å²) in [5.41, 5.74) is 0. The number of rotatable bonds is 41. The number of allylic oxidation sites excluding steroid dienone is 2. The van der Waals surface area contributed by atoms with Crippen LogP contribution in [0.1, 0.15) is 206 Å². The minimum Gasteiger partial charge on any atom is -0.462 e. The Labute approximate surface area is 378 Å². The number of carbonyl (C=O) groups excluding carboxylic acids is 2. The predicted molar refractivity (Wildman–Crippen MR) is 241 cm³/mol. The molecule has 0 aliphatic heterocycles. The Hall–Kier alpha value is -1.26. The highest BCUT2D eigenvalue weighted by Gasteiger charge is 2.54. The summed E-state index contributed by atoms with van der Waals surface area (Å²) in [4.78, 5) is 54.3. The lowest BCUT2D eigenvalue weighted by atomic mass is 9.85. The Bertz CT molecular complexity index is 1280. The molecule has 1 aliphatic carbocycles. The van der Waals surface area contributed by atoms with Gasteiger partial charge in [0.1, 0.15) is 43.2 Å². The van der Waals surface area contributed by atoms with E-state index in [0.717, 1.165) is 64.2 Å². The molecule has 8 unspecified atom stereocenters. The number of esters is 2. The van der Waals surface area contributed by atoms with Gasteiger partial charge in [0, 0.05) is 12.8 Å². The molecule has 0 heterocycles. The Morgan fingerprint density at radius 3 is 1.30 bits per heavy atom. The van der Waals surface area contributed by atoms with E-state index < -0.39 is 83.5 Å². The van der Waals surface area contributed by atoms with Gasteiger partial charge in [-0.15, -0.1) is 0 Å². The zero-order valence-electron chi connectivity index (χ0n) is 38.5. The Morgan fingerprint density at radius 2 is 0.873 bits per heavy atom. The normalized spacial score (nSPS) is 22.0. The van der Waals surface area contributed by atoms with E-state index in [9.17, 15) is 53.8 Å². The second kappa shape index (κ2) is 36.8. The summed E-state index contributed by atoms with van der Waals surface area (Å²) in [5, 5.41) is 41.2. The van der Waals surface area contributed by atoms with Crippen molar-refractivity contribution < 1.29 is 76.9 Å². The topological polar surface area (TPSA) is 256 Å². The number of hydrogen-bond donors (Lipinski definition) is 7. The lowest BCUT2D eigenvalue weighted by Gasteiger charge is -2.43. The second-order valence-electron chi connectivity index (χ2n) is 17.2. The molecule has 0 aromatic heterocycles. The van der Waals surface area contributed by atoms with Gasteiger partial charge in [0.05, 0.1) is 6.61 Å². The first-order chi connectivity index (χ1) is 30.1. The predicted octanol–water partition coefficient (Wildman–Crippen LogP) is 9.18. The van der Waals surface area contributed by atoms with Crippen molar-refractivity contribution in [2.45, 2.75) is 249 Å². The second-order valence-corrected chi connectivity index (χ2v) is 19.8. The summed E-state index contributed by atoms with van der Waals surface area (Å²) in [6.45, 7) is 3.11. The third-order valence-corrected chi connectivity index (χ3v) is 12.8. The minimum atomic E-state index is -5.36.